The van der Waals surface area contributed by atoms with Gasteiger partial charge < -0.3 is 24.8 Å². The van der Waals surface area contributed by atoms with Crippen molar-refractivity contribution in [1.29, 1.82) is 0 Å². The SMILES string of the molecule is CCOc1ccc(N=C2NC(=O)/C(=C\c3ccc(OCC(=O)Nc4ccc(C)cc4)c(OC)c3)S2)cc1. The smallest absolute Gasteiger partial charge is 0.264 e. The van der Waals surface area contributed by atoms with Gasteiger partial charge in [0.2, 0.25) is 0 Å². The number of benzene rings is 3. The molecule has 0 radical (unpaired) electrons. The van der Waals surface area contributed by atoms with Gasteiger partial charge in [-0.15, -0.1) is 0 Å². The Labute approximate surface area is 219 Å². The maximum atomic E-state index is 12.5. The van der Waals surface area contributed by atoms with Crippen molar-refractivity contribution >= 4 is 46.2 Å². The number of hydrogen-bond acceptors (Lipinski definition) is 7. The molecule has 1 aliphatic rings. The van der Waals surface area contributed by atoms with Gasteiger partial charge in [-0.25, -0.2) is 4.99 Å². The maximum absolute atomic E-state index is 12.5. The normalized spacial score (nSPS) is 14.9. The Balaban J connectivity index is 1.39. The first-order chi connectivity index (χ1) is 17.9. The van der Waals surface area contributed by atoms with Crippen LogP contribution in [0.4, 0.5) is 11.4 Å². The summed E-state index contributed by atoms with van der Waals surface area (Å²) in [6.07, 6.45) is 1.75. The largest absolute Gasteiger partial charge is 0.494 e. The molecule has 1 saturated heterocycles. The van der Waals surface area contributed by atoms with Gasteiger partial charge in [-0.2, -0.15) is 0 Å². The highest BCUT2D eigenvalue weighted by atomic mass is 32.2. The third kappa shape index (κ3) is 7.14. The predicted molar refractivity (Wildman–Crippen MR) is 147 cm³/mol. The second-order valence-electron chi connectivity index (χ2n) is 8.02. The molecule has 8 nitrogen and oxygen atoms in total. The van der Waals surface area contributed by atoms with Crippen LogP contribution in [0, 0.1) is 6.92 Å². The minimum Gasteiger partial charge on any atom is -0.494 e. The number of thioether (sulfide) groups is 1. The van der Waals surface area contributed by atoms with Crippen molar-refractivity contribution in [2.45, 2.75) is 13.8 Å². The summed E-state index contributed by atoms with van der Waals surface area (Å²) < 4.78 is 16.6. The molecule has 0 aliphatic carbocycles. The number of carbonyl (C=O) groups is 2. The molecule has 1 heterocycles. The molecule has 190 valence electrons. The fourth-order valence-corrected chi connectivity index (χ4v) is 4.25. The van der Waals surface area contributed by atoms with Gasteiger partial charge in [-0.3, -0.25) is 9.59 Å². The molecule has 1 aliphatic heterocycles. The number of aliphatic imine (C=N–C) groups is 1. The van der Waals surface area contributed by atoms with Crippen molar-refractivity contribution in [1.82, 2.24) is 5.32 Å². The van der Waals surface area contributed by atoms with Crippen LogP contribution in [0.2, 0.25) is 0 Å². The monoisotopic (exact) mass is 517 g/mol. The average Bonchev–Trinajstić information content (AvgIpc) is 3.24. The summed E-state index contributed by atoms with van der Waals surface area (Å²) in [6.45, 7) is 4.33. The van der Waals surface area contributed by atoms with Crippen molar-refractivity contribution in [3.8, 4) is 17.2 Å². The van der Waals surface area contributed by atoms with E-state index < -0.39 is 0 Å². The third-order valence-electron chi connectivity index (χ3n) is 5.21. The lowest BCUT2D eigenvalue weighted by atomic mass is 10.2. The van der Waals surface area contributed by atoms with Gasteiger partial charge in [0.15, 0.2) is 23.3 Å². The van der Waals surface area contributed by atoms with E-state index in [2.05, 4.69) is 15.6 Å². The van der Waals surface area contributed by atoms with E-state index in [1.807, 2.05) is 62.4 Å². The molecule has 0 saturated carbocycles. The molecule has 37 heavy (non-hydrogen) atoms. The summed E-state index contributed by atoms with van der Waals surface area (Å²) in [5, 5.41) is 6.07. The molecule has 2 amide bonds. The van der Waals surface area contributed by atoms with Crippen LogP contribution in [0.5, 0.6) is 17.2 Å². The molecule has 0 aromatic heterocycles. The van der Waals surface area contributed by atoms with Crippen LogP contribution < -0.4 is 24.8 Å². The van der Waals surface area contributed by atoms with Crippen molar-refractivity contribution in [3.05, 3.63) is 82.8 Å². The number of amides is 2. The lowest BCUT2D eigenvalue weighted by molar-refractivity contribution is -0.118. The summed E-state index contributed by atoms with van der Waals surface area (Å²) >= 11 is 1.25. The molecule has 9 heteroatoms. The van der Waals surface area contributed by atoms with Crippen LogP contribution in [0.1, 0.15) is 18.1 Å². The van der Waals surface area contributed by atoms with E-state index in [0.29, 0.717) is 39.6 Å². The molecule has 0 atom stereocenters. The van der Waals surface area contributed by atoms with Gasteiger partial charge >= 0.3 is 0 Å². The lowest BCUT2D eigenvalue weighted by Crippen LogP contribution is -2.20. The Hall–Kier alpha value is -4.24. The first kappa shape index (κ1) is 25.8. The van der Waals surface area contributed by atoms with E-state index >= 15 is 0 Å². The highest BCUT2D eigenvalue weighted by Gasteiger charge is 2.24. The van der Waals surface area contributed by atoms with Gasteiger partial charge in [0, 0.05) is 5.69 Å². The third-order valence-corrected chi connectivity index (χ3v) is 6.12. The second kappa shape index (κ2) is 12.1. The van der Waals surface area contributed by atoms with Gasteiger partial charge in [-0.05, 0) is 85.8 Å². The van der Waals surface area contributed by atoms with Gasteiger partial charge in [0.1, 0.15) is 5.75 Å². The fourth-order valence-electron chi connectivity index (χ4n) is 3.40. The number of methoxy groups -OCH3 is 1. The number of rotatable bonds is 9. The summed E-state index contributed by atoms with van der Waals surface area (Å²) in [7, 11) is 1.52. The summed E-state index contributed by atoms with van der Waals surface area (Å²) in [5.41, 5.74) is 3.26. The zero-order valence-corrected chi connectivity index (χ0v) is 21.6. The molecule has 1 fully saturated rings. The minimum atomic E-state index is -0.282. The summed E-state index contributed by atoms with van der Waals surface area (Å²) in [4.78, 5) is 29.7. The van der Waals surface area contributed by atoms with Crippen LogP contribution >= 0.6 is 11.8 Å². The second-order valence-corrected chi connectivity index (χ2v) is 9.05. The van der Waals surface area contributed by atoms with Crippen LogP contribution in [-0.2, 0) is 9.59 Å². The van der Waals surface area contributed by atoms with E-state index in [-0.39, 0.29) is 18.4 Å². The Morgan fingerprint density at radius 2 is 1.78 bits per heavy atom. The van der Waals surface area contributed by atoms with Crippen molar-refractivity contribution in [3.63, 3.8) is 0 Å². The summed E-state index contributed by atoms with van der Waals surface area (Å²) in [5.74, 6) is 1.12. The molecule has 0 unspecified atom stereocenters. The number of aryl methyl sites for hydroxylation is 1. The quantitative estimate of drug-likeness (QED) is 0.373. The molecule has 0 spiro atoms. The van der Waals surface area contributed by atoms with E-state index in [1.54, 1.807) is 24.3 Å². The van der Waals surface area contributed by atoms with Crippen molar-refractivity contribution in [2.24, 2.45) is 4.99 Å². The number of nitrogens with one attached hydrogen (secondary N) is 2. The topological polar surface area (TPSA) is 98.3 Å². The Morgan fingerprint density at radius 1 is 1.03 bits per heavy atom. The Kier molecular flexibility index (Phi) is 8.48. The zero-order valence-electron chi connectivity index (χ0n) is 20.7. The van der Waals surface area contributed by atoms with Crippen LogP contribution in [0.3, 0.4) is 0 Å². The number of hydrogen-bond donors (Lipinski definition) is 2. The predicted octanol–water partition coefficient (Wildman–Crippen LogP) is 5.31. The van der Waals surface area contributed by atoms with E-state index in [0.717, 1.165) is 16.9 Å². The number of ether oxygens (including phenoxy) is 3. The lowest BCUT2D eigenvalue weighted by Gasteiger charge is -2.12. The minimum absolute atomic E-state index is 0.172. The number of anilines is 1. The molecule has 4 rings (SSSR count). The van der Waals surface area contributed by atoms with Gasteiger partial charge in [-0.1, -0.05) is 23.8 Å². The summed E-state index contributed by atoms with van der Waals surface area (Å²) in [6, 6.07) is 20.1. The van der Waals surface area contributed by atoms with E-state index in [4.69, 9.17) is 14.2 Å². The first-order valence-corrected chi connectivity index (χ1v) is 12.4. The number of amidine groups is 1. The number of carbonyl (C=O) groups excluding carboxylic acids is 2. The highest BCUT2D eigenvalue weighted by molar-refractivity contribution is 8.18. The molecular weight excluding hydrogens is 490 g/mol. The molecule has 3 aromatic rings. The standard InChI is InChI=1S/C28H27N3O5S/c1-4-35-22-12-10-21(11-13-22)30-28-31-27(33)25(37-28)16-19-7-14-23(24(15-19)34-3)36-17-26(32)29-20-8-5-18(2)6-9-20/h5-16H,4,17H2,1-3H3,(H,29,32)(H,30,31,33)/b25-16+. The van der Waals surface area contributed by atoms with Crippen LogP contribution in [0.25, 0.3) is 6.08 Å². The molecule has 2 N–H and O–H groups in total. The van der Waals surface area contributed by atoms with E-state index in [9.17, 15) is 9.59 Å². The Morgan fingerprint density at radius 3 is 2.49 bits per heavy atom. The van der Waals surface area contributed by atoms with Crippen molar-refractivity contribution < 1.29 is 23.8 Å². The highest BCUT2D eigenvalue weighted by Crippen LogP contribution is 2.32. The number of nitrogens with zero attached hydrogens (tertiary/aromatic N) is 1. The first-order valence-electron chi connectivity index (χ1n) is 11.6. The van der Waals surface area contributed by atoms with Crippen LogP contribution in [-0.4, -0.2) is 37.3 Å². The van der Waals surface area contributed by atoms with Crippen molar-refractivity contribution in [2.75, 3.05) is 25.6 Å². The zero-order chi connectivity index (χ0) is 26.2. The van der Waals surface area contributed by atoms with E-state index in [1.165, 1.54) is 18.9 Å². The molecule has 0 bridgehead atoms. The molecular formula is C28H27N3O5S. The maximum Gasteiger partial charge on any atom is 0.264 e. The molecule has 3 aromatic carbocycles. The van der Waals surface area contributed by atoms with Gasteiger partial charge in [0.25, 0.3) is 11.8 Å². The fraction of sp³-hybridized carbons (Fsp3) is 0.179. The average molecular weight is 518 g/mol. The Bertz CT molecular complexity index is 1330. The van der Waals surface area contributed by atoms with Crippen LogP contribution in [0.15, 0.2) is 76.6 Å². The van der Waals surface area contributed by atoms with Gasteiger partial charge in [0.05, 0.1) is 24.3 Å².